The van der Waals surface area contributed by atoms with E-state index in [1.165, 1.54) is 17.5 Å². The average Bonchev–Trinajstić information content (AvgIpc) is 2.83. The number of benzene rings is 2. The van der Waals surface area contributed by atoms with Crippen molar-refractivity contribution in [2.75, 3.05) is 49.5 Å². The monoisotopic (exact) mass is 421 g/mol. The van der Waals surface area contributed by atoms with Gasteiger partial charge in [-0.05, 0) is 79.8 Å². The van der Waals surface area contributed by atoms with Crippen molar-refractivity contribution in [1.82, 2.24) is 4.90 Å². The van der Waals surface area contributed by atoms with E-state index in [1.54, 1.807) is 6.07 Å². The number of likely N-dealkylation sites (N-methyl/N-ethyl adjacent to an activating group) is 1. The summed E-state index contributed by atoms with van der Waals surface area (Å²) in [6.07, 6.45) is 4.43. The number of hydrogen-bond acceptors (Lipinski definition) is 5. The number of rotatable bonds is 6. The van der Waals surface area contributed by atoms with E-state index >= 15 is 0 Å². The van der Waals surface area contributed by atoms with Gasteiger partial charge in [-0.3, -0.25) is 4.79 Å². The number of nitrogens with one attached hydrogen (secondary N) is 1. The van der Waals surface area contributed by atoms with E-state index in [-0.39, 0.29) is 12.5 Å². The number of aryl methyl sites for hydroxylation is 2. The van der Waals surface area contributed by atoms with Gasteiger partial charge in [0.05, 0.1) is 5.56 Å². The molecule has 1 heterocycles. The molecule has 0 saturated carbocycles. The molecule has 6 heteroatoms. The lowest BCUT2D eigenvalue weighted by atomic mass is 9.90. The third kappa shape index (κ3) is 5.44. The van der Waals surface area contributed by atoms with Crippen molar-refractivity contribution < 1.29 is 14.3 Å². The molecule has 0 unspecified atom stereocenters. The fourth-order valence-corrected chi connectivity index (χ4v) is 4.35. The van der Waals surface area contributed by atoms with E-state index < -0.39 is 5.97 Å². The van der Waals surface area contributed by atoms with Crippen molar-refractivity contribution in [3.8, 4) is 0 Å². The first-order chi connectivity index (χ1) is 15.1. The summed E-state index contributed by atoms with van der Waals surface area (Å²) < 4.78 is 5.23. The molecule has 1 fully saturated rings. The highest BCUT2D eigenvalue weighted by Crippen LogP contribution is 2.23. The number of amides is 1. The fraction of sp³-hybridized carbons (Fsp3) is 0.440. The summed E-state index contributed by atoms with van der Waals surface area (Å²) in [5, 5.41) is 2.80. The number of fused-ring (bicyclic) bond motifs is 1. The Hall–Kier alpha value is -2.86. The van der Waals surface area contributed by atoms with Crippen LogP contribution in [0, 0.1) is 0 Å². The molecule has 0 aromatic heterocycles. The highest BCUT2D eigenvalue weighted by Gasteiger charge is 2.17. The highest BCUT2D eigenvalue weighted by atomic mass is 16.5. The number of esters is 1. The van der Waals surface area contributed by atoms with Gasteiger partial charge < -0.3 is 19.9 Å². The number of piperazine rings is 1. The zero-order chi connectivity index (χ0) is 21.6. The molecule has 4 rings (SSSR count). The minimum atomic E-state index is -0.454. The van der Waals surface area contributed by atoms with Crippen molar-refractivity contribution in [2.45, 2.75) is 32.6 Å². The third-order valence-corrected chi connectivity index (χ3v) is 6.25. The second kappa shape index (κ2) is 9.96. The number of anilines is 2. The van der Waals surface area contributed by atoms with Crippen LogP contribution in [0.3, 0.4) is 0 Å². The van der Waals surface area contributed by atoms with E-state index in [1.807, 2.05) is 36.4 Å². The summed E-state index contributed by atoms with van der Waals surface area (Å²) in [4.78, 5) is 29.4. The maximum Gasteiger partial charge on any atom is 0.338 e. The smallest absolute Gasteiger partial charge is 0.338 e. The Morgan fingerprint density at radius 2 is 1.65 bits per heavy atom. The predicted octanol–water partition coefficient (Wildman–Crippen LogP) is 3.50. The first-order valence-electron chi connectivity index (χ1n) is 11.3. The molecule has 2 aliphatic rings. The van der Waals surface area contributed by atoms with Crippen LogP contribution in [-0.2, 0) is 22.4 Å². The van der Waals surface area contributed by atoms with E-state index in [2.05, 4.69) is 22.0 Å². The van der Waals surface area contributed by atoms with Gasteiger partial charge >= 0.3 is 5.97 Å². The quantitative estimate of drug-likeness (QED) is 0.724. The third-order valence-electron chi connectivity index (χ3n) is 6.25. The number of nitrogens with zero attached hydrogens (tertiary/aromatic N) is 2. The molecule has 31 heavy (non-hydrogen) atoms. The summed E-state index contributed by atoms with van der Waals surface area (Å²) in [5.41, 5.74) is 4.91. The van der Waals surface area contributed by atoms with Crippen molar-refractivity contribution in [1.29, 1.82) is 0 Å². The van der Waals surface area contributed by atoms with Crippen LogP contribution in [0.25, 0.3) is 0 Å². The predicted molar refractivity (Wildman–Crippen MR) is 123 cm³/mol. The maximum atomic E-state index is 12.3. The maximum absolute atomic E-state index is 12.3. The Morgan fingerprint density at radius 3 is 2.35 bits per heavy atom. The molecule has 1 N–H and O–H groups in total. The SMILES string of the molecule is CCN1CCN(c2ccc(NC(=O)COC(=O)c3ccc4c(c3)CCCC4)cc2)CC1. The van der Waals surface area contributed by atoms with Crippen LogP contribution < -0.4 is 10.2 Å². The summed E-state index contributed by atoms with van der Waals surface area (Å²) in [7, 11) is 0. The molecular weight excluding hydrogens is 390 g/mol. The number of hydrogen-bond donors (Lipinski definition) is 1. The molecule has 1 amide bonds. The van der Waals surface area contributed by atoms with Crippen molar-refractivity contribution in [3.63, 3.8) is 0 Å². The highest BCUT2D eigenvalue weighted by molar-refractivity contribution is 5.95. The minimum absolute atomic E-state index is 0.295. The van der Waals surface area contributed by atoms with Crippen molar-refractivity contribution in [3.05, 3.63) is 59.2 Å². The van der Waals surface area contributed by atoms with Crippen molar-refractivity contribution in [2.24, 2.45) is 0 Å². The Labute approximate surface area is 184 Å². The van der Waals surface area contributed by atoms with Gasteiger partial charge in [0.25, 0.3) is 5.91 Å². The van der Waals surface area contributed by atoms with Gasteiger partial charge in [-0.25, -0.2) is 4.79 Å². The Morgan fingerprint density at radius 1 is 0.935 bits per heavy atom. The molecule has 164 valence electrons. The fourth-order valence-electron chi connectivity index (χ4n) is 4.35. The number of ether oxygens (including phenoxy) is 1. The zero-order valence-electron chi connectivity index (χ0n) is 18.2. The normalized spacial score (nSPS) is 16.5. The summed E-state index contributed by atoms with van der Waals surface area (Å²) in [6, 6.07) is 13.5. The molecule has 1 aliphatic carbocycles. The molecule has 0 bridgehead atoms. The van der Waals surface area contributed by atoms with Gasteiger partial charge in [0.15, 0.2) is 6.61 Å². The summed E-state index contributed by atoms with van der Waals surface area (Å²) >= 11 is 0. The second-order valence-corrected chi connectivity index (χ2v) is 8.28. The zero-order valence-corrected chi connectivity index (χ0v) is 18.2. The molecule has 2 aromatic carbocycles. The first-order valence-corrected chi connectivity index (χ1v) is 11.3. The molecule has 1 saturated heterocycles. The first kappa shape index (κ1) is 21.4. The summed E-state index contributed by atoms with van der Waals surface area (Å²) in [5.74, 6) is -0.791. The van der Waals surface area contributed by atoms with Gasteiger partial charge in [-0.2, -0.15) is 0 Å². The molecular formula is C25H31N3O3. The van der Waals surface area contributed by atoms with Crippen LogP contribution in [0.5, 0.6) is 0 Å². The lowest BCUT2D eigenvalue weighted by Gasteiger charge is -2.35. The topological polar surface area (TPSA) is 61.9 Å². The number of carbonyl (C=O) groups excluding carboxylic acids is 2. The van der Waals surface area contributed by atoms with Gasteiger partial charge in [-0.1, -0.05) is 13.0 Å². The lowest BCUT2D eigenvalue weighted by molar-refractivity contribution is -0.119. The van der Waals surface area contributed by atoms with Gasteiger partial charge in [0, 0.05) is 37.6 Å². The van der Waals surface area contributed by atoms with Gasteiger partial charge in [-0.15, -0.1) is 0 Å². The second-order valence-electron chi connectivity index (χ2n) is 8.28. The number of carbonyl (C=O) groups is 2. The van der Waals surface area contributed by atoms with E-state index in [0.29, 0.717) is 11.3 Å². The largest absolute Gasteiger partial charge is 0.452 e. The average molecular weight is 422 g/mol. The summed E-state index contributed by atoms with van der Waals surface area (Å²) in [6.45, 7) is 7.16. The molecule has 1 aliphatic heterocycles. The van der Waals surface area contributed by atoms with Crippen LogP contribution in [0.4, 0.5) is 11.4 Å². The Bertz CT molecular complexity index is 918. The van der Waals surface area contributed by atoms with Gasteiger partial charge in [0.2, 0.25) is 0 Å². The van der Waals surface area contributed by atoms with Crippen LogP contribution >= 0.6 is 0 Å². The lowest BCUT2D eigenvalue weighted by Crippen LogP contribution is -2.46. The van der Waals surface area contributed by atoms with E-state index in [4.69, 9.17) is 4.74 Å². The van der Waals surface area contributed by atoms with Gasteiger partial charge in [0.1, 0.15) is 0 Å². The molecule has 0 radical (unpaired) electrons. The van der Waals surface area contributed by atoms with Crippen molar-refractivity contribution >= 4 is 23.3 Å². The van der Waals surface area contributed by atoms with Crippen LogP contribution in [0.2, 0.25) is 0 Å². The molecule has 6 nitrogen and oxygen atoms in total. The minimum Gasteiger partial charge on any atom is -0.452 e. The van der Waals surface area contributed by atoms with E-state index in [9.17, 15) is 9.59 Å². The standard InChI is InChI=1S/C25H31N3O3/c1-2-27-13-15-28(16-14-27)23-11-9-22(10-12-23)26-24(29)18-31-25(30)21-8-7-19-5-3-4-6-20(19)17-21/h7-12,17H,2-6,13-16,18H2,1H3,(H,26,29). The molecule has 0 spiro atoms. The van der Waals surface area contributed by atoms with Crippen LogP contribution in [0.1, 0.15) is 41.3 Å². The molecule has 2 aromatic rings. The van der Waals surface area contributed by atoms with Crippen LogP contribution in [-0.4, -0.2) is 56.1 Å². The molecule has 0 atom stereocenters. The van der Waals surface area contributed by atoms with E-state index in [0.717, 1.165) is 57.7 Å². The Kier molecular flexibility index (Phi) is 6.87. The Balaban J connectivity index is 1.25. The van der Waals surface area contributed by atoms with Crippen LogP contribution in [0.15, 0.2) is 42.5 Å².